The Morgan fingerprint density at radius 3 is 2.86 bits per heavy atom. The molecule has 0 aromatic heterocycles. The van der Waals surface area contributed by atoms with Crippen LogP contribution in [0, 0.1) is 5.92 Å². The highest BCUT2D eigenvalue weighted by atomic mass is 16.3. The van der Waals surface area contributed by atoms with Gasteiger partial charge < -0.3 is 15.3 Å². The first kappa shape index (κ1) is 16.5. The van der Waals surface area contributed by atoms with Crippen molar-refractivity contribution in [2.75, 3.05) is 18.1 Å². The van der Waals surface area contributed by atoms with Crippen molar-refractivity contribution in [3.8, 4) is 0 Å². The molecule has 1 aromatic rings. The van der Waals surface area contributed by atoms with E-state index in [1.165, 1.54) is 0 Å². The molecule has 0 saturated carbocycles. The van der Waals surface area contributed by atoms with E-state index < -0.39 is 0 Å². The lowest BCUT2D eigenvalue weighted by molar-refractivity contribution is -0.126. The van der Waals surface area contributed by atoms with E-state index >= 15 is 0 Å². The maximum Gasteiger partial charge on any atom is 0.227 e. The average Bonchev–Trinajstić information content (AvgIpc) is 2.89. The molecule has 2 unspecified atom stereocenters. The van der Waals surface area contributed by atoms with Crippen molar-refractivity contribution in [2.24, 2.45) is 5.92 Å². The standard InChI is InChI=1S/C17H24N2O3/c1-3-13-6-4-5-7-15(13)19-11-14(10-16(19)21)17(22)18-12(2)8-9-20/h4-7,12,14,20H,3,8-11H2,1-2H3,(H,18,22). The Hall–Kier alpha value is -1.88. The zero-order valence-corrected chi connectivity index (χ0v) is 13.2. The number of amides is 2. The van der Waals surface area contributed by atoms with Crippen LogP contribution in [0.3, 0.4) is 0 Å². The Morgan fingerprint density at radius 2 is 2.18 bits per heavy atom. The smallest absolute Gasteiger partial charge is 0.227 e. The average molecular weight is 304 g/mol. The van der Waals surface area contributed by atoms with Crippen LogP contribution in [0.15, 0.2) is 24.3 Å². The number of aliphatic hydroxyl groups excluding tert-OH is 1. The molecule has 2 atom stereocenters. The minimum Gasteiger partial charge on any atom is -0.396 e. The molecule has 0 aliphatic carbocycles. The van der Waals surface area contributed by atoms with Crippen LogP contribution < -0.4 is 10.2 Å². The van der Waals surface area contributed by atoms with Crippen LogP contribution in [0.4, 0.5) is 5.69 Å². The monoisotopic (exact) mass is 304 g/mol. The number of nitrogens with one attached hydrogen (secondary N) is 1. The van der Waals surface area contributed by atoms with Crippen molar-refractivity contribution in [2.45, 2.75) is 39.2 Å². The van der Waals surface area contributed by atoms with Crippen LogP contribution >= 0.6 is 0 Å². The third kappa shape index (κ3) is 3.65. The highest BCUT2D eigenvalue weighted by Gasteiger charge is 2.35. The van der Waals surface area contributed by atoms with Crippen molar-refractivity contribution in [3.05, 3.63) is 29.8 Å². The fraction of sp³-hybridized carbons (Fsp3) is 0.529. The zero-order valence-electron chi connectivity index (χ0n) is 13.2. The van der Waals surface area contributed by atoms with Crippen LogP contribution in [0.2, 0.25) is 0 Å². The molecule has 1 saturated heterocycles. The molecule has 0 spiro atoms. The van der Waals surface area contributed by atoms with E-state index in [-0.39, 0.29) is 36.8 Å². The zero-order chi connectivity index (χ0) is 16.1. The predicted octanol–water partition coefficient (Wildman–Crippen LogP) is 1.49. The summed E-state index contributed by atoms with van der Waals surface area (Å²) in [4.78, 5) is 26.2. The van der Waals surface area contributed by atoms with Gasteiger partial charge in [0.2, 0.25) is 11.8 Å². The van der Waals surface area contributed by atoms with Gasteiger partial charge in [-0.1, -0.05) is 25.1 Å². The molecular weight excluding hydrogens is 280 g/mol. The third-order valence-corrected chi connectivity index (χ3v) is 4.11. The number of rotatable bonds is 6. The van der Waals surface area contributed by atoms with Crippen molar-refractivity contribution >= 4 is 17.5 Å². The van der Waals surface area contributed by atoms with Crippen LogP contribution in [0.1, 0.15) is 32.3 Å². The van der Waals surface area contributed by atoms with Crippen LogP contribution in [0.25, 0.3) is 0 Å². The quantitative estimate of drug-likeness (QED) is 0.836. The summed E-state index contributed by atoms with van der Waals surface area (Å²) in [6.07, 6.45) is 1.62. The van der Waals surface area contributed by atoms with Gasteiger partial charge in [-0.3, -0.25) is 9.59 Å². The molecule has 120 valence electrons. The molecule has 1 aliphatic heterocycles. The Bertz CT molecular complexity index is 544. The Labute approximate surface area is 131 Å². The highest BCUT2D eigenvalue weighted by Crippen LogP contribution is 2.28. The number of nitrogens with zero attached hydrogens (tertiary/aromatic N) is 1. The molecule has 5 nitrogen and oxygen atoms in total. The number of hydrogen-bond acceptors (Lipinski definition) is 3. The van der Waals surface area contributed by atoms with Gasteiger partial charge >= 0.3 is 0 Å². The minimum absolute atomic E-state index is 0.00383. The molecule has 1 aromatic carbocycles. The highest BCUT2D eigenvalue weighted by molar-refractivity contribution is 6.00. The summed E-state index contributed by atoms with van der Waals surface area (Å²) in [5.74, 6) is -0.430. The second-order valence-corrected chi connectivity index (χ2v) is 5.81. The summed E-state index contributed by atoms with van der Waals surface area (Å²) in [5, 5.41) is 11.8. The summed E-state index contributed by atoms with van der Waals surface area (Å²) in [6, 6.07) is 7.75. The van der Waals surface area contributed by atoms with Gasteiger partial charge in [-0.25, -0.2) is 0 Å². The molecule has 0 radical (unpaired) electrons. The first-order valence-corrected chi connectivity index (χ1v) is 7.86. The lowest BCUT2D eigenvalue weighted by atomic mass is 10.1. The number of aliphatic hydroxyl groups is 1. The molecule has 1 fully saturated rings. The van der Waals surface area contributed by atoms with E-state index in [9.17, 15) is 9.59 Å². The topological polar surface area (TPSA) is 69.6 Å². The summed E-state index contributed by atoms with van der Waals surface area (Å²) in [6.45, 7) is 4.38. The largest absolute Gasteiger partial charge is 0.396 e. The number of anilines is 1. The van der Waals surface area contributed by atoms with E-state index in [0.717, 1.165) is 17.7 Å². The lowest BCUT2D eigenvalue weighted by Crippen LogP contribution is -2.38. The summed E-state index contributed by atoms with van der Waals surface area (Å²) in [7, 11) is 0. The minimum atomic E-state index is -0.321. The maximum absolute atomic E-state index is 12.3. The number of aryl methyl sites for hydroxylation is 1. The first-order valence-electron chi connectivity index (χ1n) is 7.86. The van der Waals surface area contributed by atoms with Gasteiger partial charge in [0.15, 0.2) is 0 Å². The number of benzene rings is 1. The van der Waals surface area contributed by atoms with E-state index in [0.29, 0.717) is 13.0 Å². The van der Waals surface area contributed by atoms with Gasteiger partial charge in [-0.15, -0.1) is 0 Å². The van der Waals surface area contributed by atoms with Crippen LogP contribution in [-0.4, -0.2) is 36.1 Å². The van der Waals surface area contributed by atoms with Crippen molar-refractivity contribution in [3.63, 3.8) is 0 Å². The Kier molecular flexibility index (Phi) is 5.55. The van der Waals surface area contributed by atoms with Crippen molar-refractivity contribution in [1.82, 2.24) is 5.32 Å². The van der Waals surface area contributed by atoms with E-state index in [4.69, 9.17) is 5.11 Å². The molecular formula is C17H24N2O3. The summed E-state index contributed by atoms with van der Waals surface area (Å²) >= 11 is 0. The van der Waals surface area contributed by atoms with E-state index in [2.05, 4.69) is 12.2 Å². The second kappa shape index (κ2) is 7.40. The lowest BCUT2D eigenvalue weighted by Gasteiger charge is -2.20. The van der Waals surface area contributed by atoms with Crippen molar-refractivity contribution in [1.29, 1.82) is 0 Å². The third-order valence-electron chi connectivity index (χ3n) is 4.11. The van der Waals surface area contributed by atoms with Gasteiger partial charge in [-0.05, 0) is 31.4 Å². The van der Waals surface area contributed by atoms with E-state index in [1.54, 1.807) is 4.90 Å². The second-order valence-electron chi connectivity index (χ2n) is 5.81. The molecule has 0 bridgehead atoms. The van der Waals surface area contributed by atoms with Gasteiger partial charge in [0, 0.05) is 31.3 Å². The van der Waals surface area contributed by atoms with Crippen LogP contribution in [-0.2, 0) is 16.0 Å². The molecule has 22 heavy (non-hydrogen) atoms. The maximum atomic E-state index is 12.3. The fourth-order valence-electron chi connectivity index (χ4n) is 2.82. The van der Waals surface area contributed by atoms with E-state index in [1.807, 2.05) is 31.2 Å². The number of carbonyl (C=O) groups is 2. The summed E-state index contributed by atoms with van der Waals surface area (Å²) in [5.41, 5.74) is 2.03. The van der Waals surface area contributed by atoms with Gasteiger partial charge in [0.1, 0.15) is 0 Å². The molecule has 2 N–H and O–H groups in total. The molecule has 2 amide bonds. The molecule has 5 heteroatoms. The SMILES string of the molecule is CCc1ccccc1N1CC(C(=O)NC(C)CCO)CC1=O. The van der Waals surface area contributed by atoms with Crippen molar-refractivity contribution < 1.29 is 14.7 Å². The molecule has 1 heterocycles. The number of carbonyl (C=O) groups excluding carboxylic acids is 2. The predicted molar refractivity (Wildman–Crippen MR) is 85.6 cm³/mol. The Morgan fingerprint density at radius 1 is 1.45 bits per heavy atom. The van der Waals surface area contributed by atoms with Gasteiger partial charge in [0.05, 0.1) is 5.92 Å². The Balaban J connectivity index is 2.06. The fourth-order valence-corrected chi connectivity index (χ4v) is 2.82. The molecule has 1 aliphatic rings. The normalized spacial score (nSPS) is 19.3. The van der Waals surface area contributed by atoms with Crippen LogP contribution in [0.5, 0.6) is 0 Å². The first-order chi connectivity index (χ1) is 10.6. The van der Waals surface area contributed by atoms with Gasteiger partial charge in [0.25, 0.3) is 0 Å². The van der Waals surface area contributed by atoms with Gasteiger partial charge in [-0.2, -0.15) is 0 Å². The number of hydrogen-bond donors (Lipinski definition) is 2. The molecule has 2 rings (SSSR count). The summed E-state index contributed by atoms with van der Waals surface area (Å²) < 4.78 is 0. The number of para-hydroxylation sites is 1.